The number of halogens is 2. The van der Waals surface area contributed by atoms with Crippen molar-refractivity contribution in [3.8, 4) is 0 Å². The van der Waals surface area contributed by atoms with Crippen LogP contribution in [0.15, 0.2) is 60.8 Å². The summed E-state index contributed by atoms with van der Waals surface area (Å²) in [4.78, 5) is 0. The zero-order valence-corrected chi connectivity index (χ0v) is 13.4. The second-order valence-electron chi connectivity index (χ2n) is 5.09. The smallest absolute Gasteiger partial charge is 0.176 e. The average molecular weight is 344 g/mol. The molecule has 1 aromatic heterocycles. The van der Waals surface area contributed by atoms with Crippen molar-refractivity contribution in [2.45, 2.75) is 6.54 Å². The quantitative estimate of drug-likeness (QED) is 0.702. The van der Waals surface area contributed by atoms with E-state index < -0.39 is 11.6 Å². The first kappa shape index (κ1) is 16.1. The summed E-state index contributed by atoms with van der Waals surface area (Å²) in [5, 5.41) is 10.1. The highest BCUT2D eigenvalue weighted by Gasteiger charge is 2.07. The molecule has 0 saturated carbocycles. The summed E-state index contributed by atoms with van der Waals surface area (Å²) < 4.78 is 28.2. The van der Waals surface area contributed by atoms with Gasteiger partial charge in [-0.2, -0.15) is 5.10 Å². The van der Waals surface area contributed by atoms with E-state index in [0.717, 1.165) is 17.7 Å². The van der Waals surface area contributed by atoms with Crippen molar-refractivity contribution >= 4 is 28.8 Å². The van der Waals surface area contributed by atoms with Gasteiger partial charge in [-0.15, -0.1) is 0 Å². The highest BCUT2D eigenvalue weighted by molar-refractivity contribution is 7.80. The molecule has 24 heavy (non-hydrogen) atoms. The minimum absolute atomic E-state index is 0.0950. The highest BCUT2D eigenvalue weighted by atomic mass is 32.1. The summed E-state index contributed by atoms with van der Waals surface area (Å²) in [6, 6.07) is 14.9. The predicted octanol–water partition coefficient (Wildman–Crippen LogP) is 4.02. The fraction of sp³-hybridized carbons (Fsp3) is 0.0588. The molecule has 0 aliphatic heterocycles. The summed E-state index contributed by atoms with van der Waals surface area (Å²) in [5.74, 6) is -0.823. The molecular formula is C17H14F2N4S. The van der Waals surface area contributed by atoms with Gasteiger partial charge in [0.15, 0.2) is 10.9 Å². The number of hydrogen-bond donors (Lipinski definition) is 2. The first-order chi connectivity index (χ1) is 11.6. The van der Waals surface area contributed by atoms with Crippen LogP contribution in [0.4, 0.5) is 20.3 Å². The molecule has 0 spiro atoms. The van der Waals surface area contributed by atoms with E-state index in [4.69, 9.17) is 12.2 Å². The summed E-state index contributed by atoms with van der Waals surface area (Å²) >= 11 is 5.12. The molecule has 0 atom stereocenters. The summed E-state index contributed by atoms with van der Waals surface area (Å²) in [6.07, 6.45) is 1.82. The Morgan fingerprint density at radius 3 is 2.58 bits per heavy atom. The number of rotatable bonds is 4. The number of nitrogens with zero attached hydrogens (tertiary/aromatic N) is 2. The molecule has 0 radical (unpaired) electrons. The van der Waals surface area contributed by atoms with Crippen molar-refractivity contribution in [3.63, 3.8) is 0 Å². The summed E-state index contributed by atoms with van der Waals surface area (Å²) in [5.41, 5.74) is 1.22. The van der Waals surface area contributed by atoms with Crippen molar-refractivity contribution in [1.29, 1.82) is 0 Å². The van der Waals surface area contributed by atoms with E-state index in [1.54, 1.807) is 10.7 Å². The molecule has 0 aliphatic carbocycles. The lowest BCUT2D eigenvalue weighted by atomic mass is 10.2. The van der Waals surface area contributed by atoms with E-state index in [9.17, 15) is 8.78 Å². The molecule has 0 fully saturated rings. The third-order valence-corrected chi connectivity index (χ3v) is 3.45. The van der Waals surface area contributed by atoms with Crippen LogP contribution in [0.5, 0.6) is 0 Å². The first-order valence-electron chi connectivity index (χ1n) is 7.20. The fourth-order valence-corrected chi connectivity index (χ4v) is 2.36. The molecule has 2 aromatic carbocycles. The SMILES string of the molecule is Fc1ccc(NC(=S)Nc2ccn(Cc3ccccc3)n2)c(F)c1. The molecule has 0 bridgehead atoms. The van der Waals surface area contributed by atoms with E-state index in [1.807, 2.05) is 36.5 Å². The van der Waals surface area contributed by atoms with Crippen LogP contribution < -0.4 is 10.6 Å². The van der Waals surface area contributed by atoms with Gasteiger partial charge in [0.05, 0.1) is 12.2 Å². The van der Waals surface area contributed by atoms with Gasteiger partial charge in [-0.1, -0.05) is 30.3 Å². The highest BCUT2D eigenvalue weighted by Crippen LogP contribution is 2.15. The Bertz CT molecular complexity index is 849. The summed E-state index contributed by atoms with van der Waals surface area (Å²) in [7, 11) is 0. The van der Waals surface area contributed by atoms with Crippen LogP contribution in [-0.2, 0) is 6.54 Å². The van der Waals surface area contributed by atoms with Gasteiger partial charge in [-0.3, -0.25) is 4.68 Å². The maximum atomic E-state index is 13.6. The van der Waals surface area contributed by atoms with Gasteiger partial charge in [0.2, 0.25) is 0 Å². The Morgan fingerprint density at radius 1 is 1.04 bits per heavy atom. The molecule has 4 nitrogen and oxygen atoms in total. The van der Waals surface area contributed by atoms with Gasteiger partial charge >= 0.3 is 0 Å². The van der Waals surface area contributed by atoms with E-state index in [-0.39, 0.29) is 10.8 Å². The molecule has 2 N–H and O–H groups in total. The third-order valence-electron chi connectivity index (χ3n) is 3.25. The number of thiocarbonyl (C=S) groups is 1. The number of anilines is 2. The normalized spacial score (nSPS) is 10.4. The average Bonchev–Trinajstić information content (AvgIpc) is 2.98. The Balaban J connectivity index is 1.61. The van der Waals surface area contributed by atoms with Crippen LogP contribution in [0, 0.1) is 11.6 Å². The van der Waals surface area contributed by atoms with Crippen molar-refractivity contribution in [1.82, 2.24) is 9.78 Å². The van der Waals surface area contributed by atoms with Crippen LogP contribution in [0.1, 0.15) is 5.56 Å². The first-order valence-corrected chi connectivity index (χ1v) is 7.61. The van der Waals surface area contributed by atoms with Gasteiger partial charge in [0.25, 0.3) is 0 Å². The largest absolute Gasteiger partial charge is 0.330 e. The van der Waals surface area contributed by atoms with Crippen LogP contribution in [0.3, 0.4) is 0 Å². The molecule has 0 amide bonds. The Labute approximate surface area is 143 Å². The molecule has 0 unspecified atom stereocenters. The van der Waals surface area contributed by atoms with Crippen LogP contribution in [0.2, 0.25) is 0 Å². The van der Waals surface area contributed by atoms with Crippen molar-refractivity contribution < 1.29 is 8.78 Å². The van der Waals surface area contributed by atoms with E-state index in [0.29, 0.717) is 12.4 Å². The van der Waals surface area contributed by atoms with Crippen molar-refractivity contribution in [2.75, 3.05) is 10.6 Å². The van der Waals surface area contributed by atoms with E-state index in [1.165, 1.54) is 6.07 Å². The van der Waals surface area contributed by atoms with E-state index in [2.05, 4.69) is 15.7 Å². The Hall–Kier alpha value is -2.80. The number of benzene rings is 2. The lowest BCUT2D eigenvalue weighted by Crippen LogP contribution is -2.20. The topological polar surface area (TPSA) is 41.9 Å². The zero-order valence-electron chi connectivity index (χ0n) is 12.5. The van der Waals surface area contributed by atoms with Gasteiger partial charge in [-0.05, 0) is 29.9 Å². The van der Waals surface area contributed by atoms with Crippen LogP contribution >= 0.6 is 12.2 Å². The maximum Gasteiger partial charge on any atom is 0.176 e. The molecule has 0 saturated heterocycles. The summed E-state index contributed by atoms with van der Waals surface area (Å²) in [6.45, 7) is 0.634. The van der Waals surface area contributed by atoms with Gasteiger partial charge in [0.1, 0.15) is 11.6 Å². The fourth-order valence-electron chi connectivity index (χ4n) is 2.15. The minimum atomic E-state index is -0.714. The molecule has 1 heterocycles. The second kappa shape index (κ2) is 7.18. The van der Waals surface area contributed by atoms with Crippen LogP contribution in [-0.4, -0.2) is 14.9 Å². The molecule has 7 heteroatoms. The van der Waals surface area contributed by atoms with Gasteiger partial charge < -0.3 is 10.6 Å². The zero-order chi connectivity index (χ0) is 16.9. The predicted molar refractivity (Wildman–Crippen MR) is 94.0 cm³/mol. The third kappa shape index (κ3) is 4.14. The molecular weight excluding hydrogens is 330 g/mol. The number of nitrogens with one attached hydrogen (secondary N) is 2. The Kier molecular flexibility index (Phi) is 4.81. The van der Waals surface area contributed by atoms with Crippen molar-refractivity contribution in [2.24, 2.45) is 0 Å². The standard InChI is InChI=1S/C17H14F2N4S/c18-13-6-7-15(14(19)10-13)20-17(24)21-16-8-9-23(22-16)11-12-4-2-1-3-5-12/h1-10H,11H2,(H2,20,21,22,24). The van der Waals surface area contributed by atoms with Gasteiger partial charge in [-0.25, -0.2) is 8.78 Å². The monoisotopic (exact) mass is 344 g/mol. The lowest BCUT2D eigenvalue weighted by Gasteiger charge is -2.09. The van der Waals surface area contributed by atoms with Crippen molar-refractivity contribution in [3.05, 3.63) is 78.0 Å². The molecule has 0 aliphatic rings. The lowest BCUT2D eigenvalue weighted by molar-refractivity contribution is 0.586. The number of aromatic nitrogens is 2. The van der Waals surface area contributed by atoms with Crippen LogP contribution in [0.25, 0.3) is 0 Å². The van der Waals surface area contributed by atoms with E-state index >= 15 is 0 Å². The molecule has 3 rings (SSSR count). The molecule has 3 aromatic rings. The molecule has 122 valence electrons. The van der Waals surface area contributed by atoms with Gasteiger partial charge in [0, 0.05) is 18.3 Å². The number of hydrogen-bond acceptors (Lipinski definition) is 2. The maximum absolute atomic E-state index is 13.6. The second-order valence-corrected chi connectivity index (χ2v) is 5.50. The Morgan fingerprint density at radius 2 is 1.83 bits per heavy atom. The minimum Gasteiger partial charge on any atom is -0.330 e.